The second kappa shape index (κ2) is 7.25. The number of ether oxygens (including phenoxy) is 2. The summed E-state index contributed by atoms with van der Waals surface area (Å²) in [5.74, 6) is -0.504. The van der Waals surface area contributed by atoms with Crippen LogP contribution in [0.5, 0.6) is 0 Å². The van der Waals surface area contributed by atoms with Gasteiger partial charge in [-0.15, -0.1) is 0 Å². The molecule has 1 unspecified atom stereocenters. The second-order valence-corrected chi connectivity index (χ2v) is 5.72. The Hall–Kier alpha value is -1.24. The molecule has 7 heteroatoms. The Morgan fingerprint density at radius 3 is 2.22 bits per heavy atom. The first kappa shape index (κ1) is 16.8. The molecular formula is C11H19NO5S. The molecule has 0 aliphatic rings. The minimum atomic E-state index is -0.904. The number of alkyl carbamates (subject to hydrolysis) is 1. The van der Waals surface area contributed by atoms with Crippen LogP contribution in [0.4, 0.5) is 4.79 Å². The fraction of sp³-hybridized carbons (Fsp3) is 0.727. The van der Waals surface area contributed by atoms with Crippen molar-refractivity contribution < 1.29 is 23.9 Å². The van der Waals surface area contributed by atoms with Crippen molar-refractivity contribution in [3.05, 3.63) is 0 Å². The van der Waals surface area contributed by atoms with Crippen LogP contribution in [0.1, 0.15) is 27.7 Å². The van der Waals surface area contributed by atoms with Gasteiger partial charge in [0.25, 0.3) is 0 Å². The van der Waals surface area contributed by atoms with Gasteiger partial charge >= 0.3 is 12.1 Å². The number of hydrogen-bond donors (Lipinski definition) is 1. The third-order valence-electron chi connectivity index (χ3n) is 1.63. The van der Waals surface area contributed by atoms with Gasteiger partial charge in [0.1, 0.15) is 11.6 Å². The van der Waals surface area contributed by atoms with Crippen LogP contribution in [0.2, 0.25) is 0 Å². The summed E-state index contributed by atoms with van der Waals surface area (Å²) in [6, 6.07) is -0.904. The Morgan fingerprint density at radius 1 is 1.28 bits per heavy atom. The lowest BCUT2D eigenvalue weighted by Gasteiger charge is -2.22. The molecule has 104 valence electrons. The van der Waals surface area contributed by atoms with Gasteiger partial charge in [0.05, 0.1) is 7.11 Å². The Morgan fingerprint density at radius 2 is 1.83 bits per heavy atom. The van der Waals surface area contributed by atoms with E-state index in [9.17, 15) is 14.4 Å². The molecule has 1 amide bonds. The summed E-state index contributed by atoms with van der Waals surface area (Å²) in [5, 5.41) is 2.23. The number of esters is 1. The van der Waals surface area contributed by atoms with E-state index in [1.54, 1.807) is 20.8 Å². The van der Waals surface area contributed by atoms with Crippen LogP contribution >= 0.6 is 11.8 Å². The molecule has 1 N–H and O–H groups in total. The first-order chi connectivity index (χ1) is 8.15. The maximum Gasteiger partial charge on any atom is 0.408 e. The highest BCUT2D eigenvalue weighted by molar-refractivity contribution is 8.13. The van der Waals surface area contributed by atoms with Crippen molar-refractivity contribution >= 4 is 28.9 Å². The Labute approximate surface area is 111 Å². The average molecular weight is 277 g/mol. The molecule has 6 nitrogen and oxygen atoms in total. The molecule has 18 heavy (non-hydrogen) atoms. The summed E-state index contributed by atoms with van der Waals surface area (Å²) < 4.78 is 9.56. The van der Waals surface area contributed by atoms with Gasteiger partial charge < -0.3 is 14.8 Å². The topological polar surface area (TPSA) is 81.7 Å². The molecule has 0 aromatic rings. The van der Waals surface area contributed by atoms with Gasteiger partial charge in [-0.05, 0) is 20.8 Å². The Balaban J connectivity index is 4.45. The number of rotatable bonds is 4. The third-order valence-corrected chi connectivity index (χ3v) is 2.54. The zero-order chi connectivity index (χ0) is 14.3. The zero-order valence-electron chi connectivity index (χ0n) is 11.2. The van der Waals surface area contributed by atoms with Crippen molar-refractivity contribution in [1.82, 2.24) is 5.32 Å². The van der Waals surface area contributed by atoms with Crippen molar-refractivity contribution in [2.75, 3.05) is 12.9 Å². The molecule has 0 saturated heterocycles. The smallest absolute Gasteiger partial charge is 0.408 e. The number of carbonyl (C=O) groups excluding carboxylic acids is 3. The predicted octanol–water partition coefficient (Wildman–Crippen LogP) is 1.33. The van der Waals surface area contributed by atoms with Crippen LogP contribution < -0.4 is 5.32 Å². The molecule has 0 heterocycles. The fourth-order valence-corrected chi connectivity index (χ4v) is 1.58. The van der Waals surface area contributed by atoms with Crippen molar-refractivity contribution in [2.45, 2.75) is 39.3 Å². The molecule has 0 fully saturated rings. The van der Waals surface area contributed by atoms with Crippen LogP contribution in [0.25, 0.3) is 0 Å². The summed E-state index contributed by atoms with van der Waals surface area (Å²) in [5.41, 5.74) is -0.654. The summed E-state index contributed by atoms with van der Waals surface area (Å²) in [6.07, 6.45) is -0.720. The van der Waals surface area contributed by atoms with Crippen molar-refractivity contribution in [3.8, 4) is 0 Å². The van der Waals surface area contributed by atoms with Crippen molar-refractivity contribution in [1.29, 1.82) is 0 Å². The molecule has 0 aliphatic carbocycles. The van der Waals surface area contributed by atoms with E-state index in [0.29, 0.717) is 0 Å². The number of amides is 1. The average Bonchev–Trinajstić information content (AvgIpc) is 2.20. The standard InChI is InChI=1S/C11H19NO5S/c1-7(13)18-6-8(9(14)16-5)12-10(15)17-11(2,3)4/h8H,6H2,1-5H3,(H,12,15). The molecule has 1 atom stereocenters. The maximum absolute atomic E-state index is 11.5. The van der Waals surface area contributed by atoms with Crippen LogP contribution in [0, 0.1) is 0 Å². The van der Waals surface area contributed by atoms with E-state index in [1.165, 1.54) is 14.0 Å². The lowest BCUT2D eigenvalue weighted by atomic mass is 10.2. The highest BCUT2D eigenvalue weighted by Crippen LogP contribution is 2.09. The van der Waals surface area contributed by atoms with Crippen LogP contribution in [-0.4, -0.2) is 41.7 Å². The monoisotopic (exact) mass is 277 g/mol. The molecule has 0 aliphatic heterocycles. The fourth-order valence-electron chi connectivity index (χ4n) is 0.961. The summed E-state index contributed by atoms with van der Waals surface area (Å²) in [6.45, 7) is 6.52. The molecule has 0 saturated carbocycles. The summed E-state index contributed by atoms with van der Waals surface area (Å²) >= 11 is 0.933. The Kier molecular flexibility index (Phi) is 6.75. The molecule has 0 aromatic heterocycles. The van der Waals surface area contributed by atoms with Gasteiger partial charge in [0, 0.05) is 12.7 Å². The van der Waals surface area contributed by atoms with Gasteiger partial charge in [-0.3, -0.25) is 4.79 Å². The summed E-state index contributed by atoms with van der Waals surface area (Å²) in [7, 11) is 1.21. The van der Waals surface area contributed by atoms with E-state index < -0.39 is 23.7 Å². The van der Waals surface area contributed by atoms with E-state index in [2.05, 4.69) is 10.1 Å². The summed E-state index contributed by atoms with van der Waals surface area (Å²) in [4.78, 5) is 33.7. The normalized spacial score (nSPS) is 12.5. The van der Waals surface area contributed by atoms with Crippen molar-refractivity contribution in [3.63, 3.8) is 0 Å². The second-order valence-electron chi connectivity index (χ2n) is 4.52. The molecule has 0 radical (unpaired) electrons. The third kappa shape index (κ3) is 7.94. The molecule has 0 rings (SSSR count). The van der Waals surface area contributed by atoms with Crippen LogP contribution in [0.15, 0.2) is 0 Å². The van der Waals surface area contributed by atoms with Crippen LogP contribution in [-0.2, 0) is 19.1 Å². The number of carbonyl (C=O) groups is 3. The van der Waals surface area contributed by atoms with Gasteiger partial charge in [-0.1, -0.05) is 11.8 Å². The van der Waals surface area contributed by atoms with E-state index in [4.69, 9.17) is 4.74 Å². The molecule has 0 spiro atoms. The first-order valence-electron chi connectivity index (χ1n) is 5.36. The minimum Gasteiger partial charge on any atom is -0.467 e. The van der Waals surface area contributed by atoms with E-state index >= 15 is 0 Å². The van der Waals surface area contributed by atoms with Crippen LogP contribution in [0.3, 0.4) is 0 Å². The minimum absolute atomic E-state index is 0.112. The van der Waals surface area contributed by atoms with Gasteiger partial charge in [0.2, 0.25) is 0 Å². The maximum atomic E-state index is 11.5. The Bertz CT molecular complexity index is 324. The van der Waals surface area contributed by atoms with E-state index in [1.807, 2.05) is 0 Å². The van der Waals surface area contributed by atoms with Gasteiger partial charge in [-0.25, -0.2) is 9.59 Å². The molecule has 0 aromatic carbocycles. The quantitative estimate of drug-likeness (QED) is 0.781. The number of methoxy groups -OCH3 is 1. The van der Waals surface area contributed by atoms with Crippen molar-refractivity contribution in [2.24, 2.45) is 0 Å². The highest BCUT2D eigenvalue weighted by Gasteiger charge is 2.25. The zero-order valence-corrected chi connectivity index (χ0v) is 12.1. The molecule has 0 bridgehead atoms. The van der Waals surface area contributed by atoms with E-state index in [0.717, 1.165) is 11.8 Å². The lowest BCUT2D eigenvalue weighted by Crippen LogP contribution is -2.45. The SMILES string of the molecule is COC(=O)C(CSC(C)=O)NC(=O)OC(C)(C)C. The highest BCUT2D eigenvalue weighted by atomic mass is 32.2. The first-order valence-corrected chi connectivity index (χ1v) is 6.35. The van der Waals surface area contributed by atoms with E-state index in [-0.39, 0.29) is 10.9 Å². The lowest BCUT2D eigenvalue weighted by molar-refractivity contribution is -0.142. The number of thioether (sulfide) groups is 1. The molecular weight excluding hydrogens is 258 g/mol. The van der Waals surface area contributed by atoms with Gasteiger partial charge in [-0.2, -0.15) is 0 Å². The number of hydrogen-bond acceptors (Lipinski definition) is 6. The van der Waals surface area contributed by atoms with Gasteiger partial charge in [0.15, 0.2) is 5.12 Å². The largest absolute Gasteiger partial charge is 0.467 e. The number of nitrogens with one attached hydrogen (secondary N) is 1. The predicted molar refractivity (Wildman–Crippen MR) is 68.3 cm³/mol.